The number of hydrogen-bond acceptors (Lipinski definition) is 2. The number of hydrogen-bond donors (Lipinski definition) is 1. The second-order valence-electron chi connectivity index (χ2n) is 5.27. The van der Waals surface area contributed by atoms with E-state index < -0.39 is 0 Å². The van der Waals surface area contributed by atoms with Crippen LogP contribution in [0.15, 0.2) is 30.3 Å². The van der Waals surface area contributed by atoms with Gasteiger partial charge in [0.1, 0.15) is 0 Å². The molecule has 0 aromatic heterocycles. The lowest BCUT2D eigenvalue weighted by molar-refractivity contribution is -0.0751. The molecule has 3 unspecified atom stereocenters. The van der Waals surface area contributed by atoms with Crippen LogP contribution in [0.4, 0.5) is 0 Å². The van der Waals surface area contributed by atoms with E-state index in [4.69, 9.17) is 4.74 Å². The van der Waals surface area contributed by atoms with E-state index in [-0.39, 0.29) is 6.10 Å². The average molecular weight is 231 g/mol. The van der Waals surface area contributed by atoms with Gasteiger partial charge in [0.05, 0.1) is 12.2 Å². The summed E-state index contributed by atoms with van der Waals surface area (Å²) in [6.07, 6.45) is 4.50. The molecule has 1 saturated carbocycles. The maximum atomic E-state index is 6.34. The Balaban J connectivity index is 1.77. The van der Waals surface area contributed by atoms with Crippen molar-refractivity contribution >= 4 is 0 Å². The molecule has 1 N–H and O–H groups in total. The molecule has 17 heavy (non-hydrogen) atoms. The molecule has 1 saturated heterocycles. The van der Waals surface area contributed by atoms with Gasteiger partial charge in [-0.05, 0) is 30.7 Å². The van der Waals surface area contributed by atoms with Gasteiger partial charge in [0.2, 0.25) is 0 Å². The zero-order valence-corrected chi connectivity index (χ0v) is 10.4. The van der Waals surface area contributed by atoms with Crippen LogP contribution in [-0.4, -0.2) is 18.7 Å². The highest BCUT2D eigenvalue weighted by Gasteiger charge is 2.39. The van der Waals surface area contributed by atoms with Crippen molar-refractivity contribution in [2.45, 2.75) is 44.4 Å². The number of ether oxygens (including phenoxy) is 1. The van der Waals surface area contributed by atoms with E-state index in [1.165, 1.54) is 18.4 Å². The first-order chi connectivity index (χ1) is 8.38. The van der Waals surface area contributed by atoms with E-state index in [0.29, 0.717) is 12.1 Å². The molecule has 0 spiro atoms. The van der Waals surface area contributed by atoms with Crippen LogP contribution in [0, 0.1) is 5.92 Å². The fourth-order valence-corrected chi connectivity index (χ4v) is 2.76. The highest BCUT2D eigenvalue weighted by atomic mass is 16.5. The zero-order valence-electron chi connectivity index (χ0n) is 10.4. The quantitative estimate of drug-likeness (QED) is 0.863. The third-order valence-electron chi connectivity index (χ3n) is 3.98. The summed E-state index contributed by atoms with van der Waals surface area (Å²) in [4.78, 5) is 0. The topological polar surface area (TPSA) is 21.3 Å². The summed E-state index contributed by atoms with van der Waals surface area (Å²) in [6.45, 7) is 3.26. The second-order valence-corrected chi connectivity index (χ2v) is 5.27. The lowest BCUT2D eigenvalue weighted by atomic mass is 9.97. The molecule has 1 aromatic rings. The highest BCUT2D eigenvalue weighted by molar-refractivity contribution is 5.20. The smallest absolute Gasteiger partial charge is 0.0982 e. The molecule has 1 aromatic carbocycles. The molecule has 1 heterocycles. The second kappa shape index (κ2) is 4.79. The van der Waals surface area contributed by atoms with Crippen LogP contribution in [0.5, 0.6) is 0 Å². The Morgan fingerprint density at radius 3 is 2.65 bits per heavy atom. The van der Waals surface area contributed by atoms with Crippen LogP contribution in [0.25, 0.3) is 0 Å². The highest BCUT2D eigenvalue weighted by Crippen LogP contribution is 2.39. The van der Waals surface area contributed by atoms with E-state index in [1.54, 1.807) is 0 Å². The Hall–Kier alpha value is -0.860. The SMILES string of the molecule is CCC1NCC(C2CC2)OC1c1ccccc1. The Morgan fingerprint density at radius 1 is 1.24 bits per heavy atom. The van der Waals surface area contributed by atoms with Crippen molar-refractivity contribution in [3.8, 4) is 0 Å². The Labute approximate surface area is 103 Å². The number of benzene rings is 1. The molecular formula is C15H21NO. The van der Waals surface area contributed by atoms with Crippen LogP contribution >= 0.6 is 0 Å². The van der Waals surface area contributed by atoms with E-state index in [9.17, 15) is 0 Å². The fraction of sp³-hybridized carbons (Fsp3) is 0.600. The summed E-state index contributed by atoms with van der Waals surface area (Å²) in [6, 6.07) is 11.1. The molecule has 1 aliphatic carbocycles. The van der Waals surface area contributed by atoms with E-state index in [2.05, 4.69) is 42.6 Å². The van der Waals surface area contributed by atoms with Gasteiger partial charge in [-0.1, -0.05) is 37.3 Å². The van der Waals surface area contributed by atoms with E-state index in [0.717, 1.165) is 18.9 Å². The molecule has 3 atom stereocenters. The molecule has 1 aliphatic heterocycles. The largest absolute Gasteiger partial charge is 0.367 e. The first-order valence-electron chi connectivity index (χ1n) is 6.82. The fourth-order valence-electron chi connectivity index (χ4n) is 2.76. The van der Waals surface area contributed by atoms with E-state index >= 15 is 0 Å². The molecule has 0 amide bonds. The summed E-state index contributed by atoms with van der Waals surface area (Å²) in [7, 11) is 0. The van der Waals surface area contributed by atoms with E-state index in [1.807, 2.05) is 0 Å². The summed E-state index contributed by atoms with van der Waals surface area (Å²) >= 11 is 0. The van der Waals surface area contributed by atoms with Crippen LogP contribution in [0.3, 0.4) is 0 Å². The lowest BCUT2D eigenvalue weighted by Gasteiger charge is -2.37. The van der Waals surface area contributed by atoms with Crippen LogP contribution in [-0.2, 0) is 4.74 Å². The van der Waals surface area contributed by atoms with Crippen molar-refractivity contribution in [2.24, 2.45) is 5.92 Å². The minimum Gasteiger partial charge on any atom is -0.367 e. The van der Waals surface area contributed by atoms with Gasteiger partial charge in [-0.3, -0.25) is 0 Å². The summed E-state index contributed by atoms with van der Waals surface area (Å²) in [5.41, 5.74) is 1.32. The molecule has 0 bridgehead atoms. The normalized spacial score (nSPS) is 33.6. The lowest BCUT2D eigenvalue weighted by Crippen LogP contribution is -2.48. The van der Waals surface area contributed by atoms with Gasteiger partial charge < -0.3 is 10.1 Å². The molecular weight excluding hydrogens is 210 g/mol. The van der Waals surface area contributed by atoms with Gasteiger partial charge in [0, 0.05) is 12.6 Å². The molecule has 92 valence electrons. The van der Waals surface area contributed by atoms with Gasteiger partial charge in [-0.15, -0.1) is 0 Å². The van der Waals surface area contributed by atoms with Gasteiger partial charge in [-0.25, -0.2) is 0 Å². The average Bonchev–Trinajstić information content (AvgIpc) is 3.23. The van der Waals surface area contributed by atoms with Crippen molar-refractivity contribution in [3.05, 3.63) is 35.9 Å². The first kappa shape index (κ1) is 11.2. The first-order valence-corrected chi connectivity index (χ1v) is 6.82. The van der Waals surface area contributed by atoms with Crippen LogP contribution in [0.2, 0.25) is 0 Å². The number of rotatable bonds is 3. The molecule has 2 aliphatic rings. The maximum Gasteiger partial charge on any atom is 0.0982 e. The maximum absolute atomic E-state index is 6.34. The van der Waals surface area contributed by atoms with Gasteiger partial charge in [-0.2, -0.15) is 0 Å². The monoisotopic (exact) mass is 231 g/mol. The van der Waals surface area contributed by atoms with Crippen LogP contribution in [0.1, 0.15) is 37.9 Å². The third kappa shape index (κ3) is 2.38. The Bertz CT molecular complexity index is 360. The third-order valence-corrected chi connectivity index (χ3v) is 3.98. The molecule has 0 radical (unpaired) electrons. The standard InChI is InChI=1S/C15H21NO/c1-2-13-15(12-6-4-3-5-7-12)17-14(10-16-13)11-8-9-11/h3-7,11,13-16H,2,8-10H2,1H3. The van der Waals surface area contributed by atoms with Gasteiger partial charge in [0.25, 0.3) is 0 Å². The molecule has 2 fully saturated rings. The predicted molar refractivity (Wildman–Crippen MR) is 68.9 cm³/mol. The Kier molecular flexibility index (Phi) is 3.17. The summed E-state index contributed by atoms with van der Waals surface area (Å²) < 4.78 is 6.34. The zero-order chi connectivity index (χ0) is 11.7. The van der Waals surface area contributed by atoms with Crippen LogP contribution < -0.4 is 5.32 Å². The minimum atomic E-state index is 0.237. The summed E-state index contributed by atoms with van der Waals surface area (Å²) in [5.74, 6) is 0.812. The van der Waals surface area contributed by atoms with Crippen molar-refractivity contribution in [1.29, 1.82) is 0 Å². The van der Waals surface area contributed by atoms with Crippen molar-refractivity contribution in [3.63, 3.8) is 0 Å². The Morgan fingerprint density at radius 2 is 2.00 bits per heavy atom. The molecule has 3 rings (SSSR count). The summed E-state index contributed by atoms with van der Waals surface area (Å²) in [5, 5.41) is 3.66. The van der Waals surface area contributed by atoms with Gasteiger partial charge >= 0.3 is 0 Å². The minimum absolute atomic E-state index is 0.237. The van der Waals surface area contributed by atoms with Crippen molar-refractivity contribution in [1.82, 2.24) is 5.32 Å². The number of morpholine rings is 1. The van der Waals surface area contributed by atoms with Crippen molar-refractivity contribution < 1.29 is 4.74 Å². The molecule has 2 nitrogen and oxygen atoms in total. The molecule has 2 heteroatoms. The predicted octanol–water partition coefficient (Wildman–Crippen LogP) is 2.90. The number of nitrogens with one attached hydrogen (secondary N) is 1. The van der Waals surface area contributed by atoms with Gasteiger partial charge in [0.15, 0.2) is 0 Å². The van der Waals surface area contributed by atoms with Crippen molar-refractivity contribution in [2.75, 3.05) is 6.54 Å².